The highest BCUT2D eigenvalue weighted by Gasteiger charge is 2.77. The number of aliphatic hydroxyl groups excluding tert-OH is 1. The monoisotopic (exact) mass is 679 g/mol. The van der Waals surface area contributed by atoms with Crippen molar-refractivity contribution in [1.82, 2.24) is 9.80 Å². The topological polar surface area (TPSA) is 99.6 Å². The molecule has 0 aromatic heterocycles. The molecule has 3 aliphatic heterocycles. The number of hydrogen-bond acceptors (Lipinski definition) is 6. The fourth-order valence-corrected chi connectivity index (χ4v) is 8.31. The smallest absolute Gasteiger partial charge is 0.248 e. The lowest BCUT2D eigenvalue weighted by Gasteiger charge is -2.40. The van der Waals surface area contributed by atoms with Gasteiger partial charge in [-0.1, -0.05) is 58.4 Å². The maximum Gasteiger partial charge on any atom is 0.248 e. The number of anilines is 1. The van der Waals surface area contributed by atoms with Crippen LogP contribution >= 0.6 is 15.9 Å². The first-order valence-corrected chi connectivity index (χ1v) is 16.4. The lowest BCUT2D eigenvalue weighted by molar-refractivity contribution is -0.152. The molecule has 5 rings (SSSR count). The van der Waals surface area contributed by atoms with Crippen molar-refractivity contribution in [3.63, 3.8) is 0 Å². The van der Waals surface area contributed by atoms with E-state index in [1.54, 1.807) is 34.1 Å². The highest BCUT2D eigenvalue weighted by Crippen LogP contribution is 2.61. The van der Waals surface area contributed by atoms with Crippen molar-refractivity contribution in [1.29, 1.82) is 0 Å². The highest BCUT2D eigenvalue weighted by atomic mass is 79.9. The van der Waals surface area contributed by atoms with E-state index < -0.39 is 42.2 Å². The van der Waals surface area contributed by atoms with Gasteiger partial charge in [0.15, 0.2) is 0 Å². The molecule has 3 saturated heterocycles. The minimum atomic E-state index is -1.28. The Balaban J connectivity index is 1.62. The summed E-state index contributed by atoms with van der Waals surface area (Å²) in [6.45, 7) is 14.1. The summed E-state index contributed by atoms with van der Waals surface area (Å²) >= 11 is 3.77. The minimum absolute atomic E-state index is 0.189. The van der Waals surface area contributed by atoms with Gasteiger partial charge in [0.1, 0.15) is 17.4 Å². The summed E-state index contributed by atoms with van der Waals surface area (Å²) in [5.74, 6) is -2.06. The van der Waals surface area contributed by atoms with Crippen molar-refractivity contribution in [3.05, 3.63) is 85.5 Å². The molecule has 2 aromatic carbocycles. The quantitative estimate of drug-likeness (QED) is 0.247. The Bertz CT molecular complexity index is 1420. The molecule has 2 aromatic rings. The first-order valence-electron chi connectivity index (χ1n) is 15.5. The van der Waals surface area contributed by atoms with Gasteiger partial charge in [0.2, 0.25) is 17.7 Å². The van der Waals surface area contributed by atoms with Crippen LogP contribution in [0, 0.1) is 11.8 Å². The maximum absolute atomic E-state index is 14.8. The molecule has 240 valence electrons. The number of carbonyl (C=O) groups is 3. The number of aliphatic hydroxyl groups is 1. The Hall–Kier alpha value is -3.47. The van der Waals surface area contributed by atoms with E-state index >= 15 is 0 Å². The molecule has 10 heteroatoms. The molecule has 1 spiro atoms. The van der Waals surface area contributed by atoms with Crippen molar-refractivity contribution < 1.29 is 29.0 Å². The van der Waals surface area contributed by atoms with Crippen molar-refractivity contribution in [2.45, 2.75) is 61.8 Å². The van der Waals surface area contributed by atoms with E-state index in [1.165, 1.54) is 4.90 Å². The SMILES string of the molecule is C=CCN(C(=O)[C@H]1[C@H]2C(=O)N([C@H](CO)c3ccccc3)C(C(=O)N(CC=C)C(C)C)C23CC(Br)[C@@H]1O3)c1ccc(OCC)cc1. The highest BCUT2D eigenvalue weighted by molar-refractivity contribution is 9.09. The van der Waals surface area contributed by atoms with Crippen LogP contribution in [0.15, 0.2) is 79.9 Å². The predicted molar refractivity (Wildman–Crippen MR) is 176 cm³/mol. The molecular formula is C35H42BrN3O6. The van der Waals surface area contributed by atoms with Crippen LogP contribution in [0.5, 0.6) is 5.75 Å². The number of likely N-dealkylation sites (tertiary alicyclic amines) is 1. The predicted octanol–water partition coefficient (Wildman–Crippen LogP) is 4.51. The number of ether oxygens (including phenoxy) is 2. The normalized spacial score (nSPS) is 27.3. The largest absolute Gasteiger partial charge is 0.494 e. The molecule has 45 heavy (non-hydrogen) atoms. The molecule has 7 atom stereocenters. The van der Waals surface area contributed by atoms with Crippen LogP contribution < -0.4 is 9.64 Å². The maximum atomic E-state index is 14.8. The second-order valence-electron chi connectivity index (χ2n) is 12.1. The third-order valence-corrected chi connectivity index (χ3v) is 10.1. The summed E-state index contributed by atoms with van der Waals surface area (Å²) < 4.78 is 12.4. The van der Waals surface area contributed by atoms with Crippen LogP contribution in [0.2, 0.25) is 0 Å². The zero-order chi connectivity index (χ0) is 32.5. The molecule has 3 amide bonds. The Labute approximate surface area is 273 Å². The number of nitrogens with zero attached hydrogens (tertiary/aromatic N) is 3. The zero-order valence-electron chi connectivity index (χ0n) is 26.1. The fraction of sp³-hybridized carbons (Fsp3) is 0.457. The Morgan fingerprint density at radius 3 is 2.36 bits per heavy atom. The number of halogens is 1. The first-order chi connectivity index (χ1) is 21.6. The molecule has 0 radical (unpaired) electrons. The average Bonchev–Trinajstić information content (AvgIpc) is 3.63. The third kappa shape index (κ3) is 5.61. The molecule has 2 bridgehead atoms. The molecule has 3 unspecified atom stereocenters. The third-order valence-electron chi connectivity index (χ3n) is 9.21. The van der Waals surface area contributed by atoms with Crippen LogP contribution in [-0.2, 0) is 19.1 Å². The van der Waals surface area contributed by atoms with Gasteiger partial charge in [-0.05, 0) is 57.0 Å². The van der Waals surface area contributed by atoms with Gasteiger partial charge in [-0.3, -0.25) is 14.4 Å². The lowest BCUT2D eigenvalue weighted by Crippen LogP contribution is -2.58. The Morgan fingerprint density at radius 2 is 1.78 bits per heavy atom. The van der Waals surface area contributed by atoms with Crippen LogP contribution in [0.25, 0.3) is 0 Å². The van der Waals surface area contributed by atoms with E-state index in [-0.39, 0.29) is 41.7 Å². The van der Waals surface area contributed by atoms with Gasteiger partial charge in [0.05, 0.1) is 37.2 Å². The molecule has 3 aliphatic rings. The van der Waals surface area contributed by atoms with E-state index in [4.69, 9.17) is 9.47 Å². The van der Waals surface area contributed by atoms with E-state index in [0.717, 1.165) is 0 Å². The van der Waals surface area contributed by atoms with Gasteiger partial charge < -0.3 is 29.3 Å². The zero-order valence-corrected chi connectivity index (χ0v) is 27.6. The van der Waals surface area contributed by atoms with Crippen molar-refractivity contribution in [2.24, 2.45) is 11.8 Å². The van der Waals surface area contributed by atoms with E-state index in [0.29, 0.717) is 30.0 Å². The second kappa shape index (κ2) is 13.5. The molecule has 3 fully saturated rings. The molecule has 0 saturated carbocycles. The van der Waals surface area contributed by atoms with Gasteiger partial charge in [-0.2, -0.15) is 0 Å². The second-order valence-corrected chi connectivity index (χ2v) is 13.2. The van der Waals surface area contributed by atoms with Gasteiger partial charge in [-0.25, -0.2) is 0 Å². The van der Waals surface area contributed by atoms with Crippen LogP contribution in [0.4, 0.5) is 5.69 Å². The number of fused-ring (bicyclic) bond motifs is 1. The summed E-state index contributed by atoms with van der Waals surface area (Å²) in [7, 11) is 0. The van der Waals surface area contributed by atoms with Gasteiger partial charge in [0, 0.05) is 29.6 Å². The number of carbonyl (C=O) groups excluding carboxylic acids is 3. The molecule has 9 nitrogen and oxygen atoms in total. The van der Waals surface area contributed by atoms with E-state index in [1.807, 2.05) is 63.2 Å². The van der Waals surface area contributed by atoms with Crippen molar-refractivity contribution in [2.75, 3.05) is 31.2 Å². The number of alkyl halides is 1. The number of amides is 3. The summed E-state index contributed by atoms with van der Waals surface area (Å²) in [4.78, 5) is 48.5. The summed E-state index contributed by atoms with van der Waals surface area (Å²) in [6.07, 6.45) is 3.04. The number of rotatable bonds is 13. The van der Waals surface area contributed by atoms with Crippen LogP contribution in [-0.4, -0.2) is 87.5 Å². The molecule has 1 N–H and O–H groups in total. The number of benzene rings is 2. The number of hydrogen-bond donors (Lipinski definition) is 1. The van der Waals surface area contributed by atoms with Gasteiger partial charge in [-0.15, -0.1) is 13.2 Å². The lowest BCUT2D eigenvalue weighted by atomic mass is 9.70. The first kappa shape index (κ1) is 32.9. The molecule has 0 aliphatic carbocycles. The standard InChI is InChI=1S/C35H42BrN3O6/c1-6-18-37(22(4)5)34(43)31-35-20-26(36)30(45-35)28(29(35)33(42)39(31)27(21-40)23-12-10-9-11-13-23)32(41)38(19-7-2)24-14-16-25(17-15-24)44-8-3/h6-7,9-17,22,26-31,40H,1-2,8,18-21H2,3-5H3/t26?,27-,28+,29+,30+,31?,35?/m1/s1. The fourth-order valence-electron chi connectivity index (χ4n) is 7.37. The van der Waals surface area contributed by atoms with Crippen molar-refractivity contribution in [3.8, 4) is 5.75 Å². The van der Waals surface area contributed by atoms with E-state index in [9.17, 15) is 19.5 Å². The Morgan fingerprint density at radius 1 is 1.11 bits per heavy atom. The summed E-state index contributed by atoms with van der Waals surface area (Å²) in [6, 6.07) is 14.3. The van der Waals surface area contributed by atoms with Gasteiger partial charge in [0.25, 0.3) is 0 Å². The minimum Gasteiger partial charge on any atom is -0.494 e. The van der Waals surface area contributed by atoms with E-state index in [2.05, 4.69) is 29.1 Å². The summed E-state index contributed by atoms with van der Waals surface area (Å²) in [5.41, 5.74) is 0.0521. The molecule has 3 heterocycles. The van der Waals surface area contributed by atoms with Crippen LogP contribution in [0.3, 0.4) is 0 Å². The Kier molecular flexibility index (Phi) is 9.86. The summed E-state index contributed by atoms with van der Waals surface area (Å²) in [5, 5.41) is 10.8. The molecular weight excluding hydrogens is 638 g/mol. The van der Waals surface area contributed by atoms with Crippen LogP contribution in [0.1, 0.15) is 38.8 Å². The van der Waals surface area contributed by atoms with Crippen molar-refractivity contribution >= 4 is 39.3 Å². The van der Waals surface area contributed by atoms with Gasteiger partial charge >= 0.3 is 0 Å². The average molecular weight is 681 g/mol.